The lowest BCUT2D eigenvalue weighted by Crippen LogP contribution is -2.21. The summed E-state index contributed by atoms with van der Waals surface area (Å²) >= 11 is 0. The minimum absolute atomic E-state index is 0.102. The van der Waals surface area contributed by atoms with Crippen molar-refractivity contribution in [2.75, 3.05) is 7.05 Å². The third-order valence-corrected chi connectivity index (χ3v) is 2.42. The highest BCUT2D eigenvalue weighted by Crippen LogP contribution is 2.35. The zero-order valence-electron chi connectivity index (χ0n) is 9.35. The van der Waals surface area contributed by atoms with Gasteiger partial charge in [0.05, 0.1) is 0 Å². The van der Waals surface area contributed by atoms with E-state index in [0.29, 0.717) is 6.54 Å². The van der Waals surface area contributed by atoms with Crippen molar-refractivity contribution in [2.24, 2.45) is 5.92 Å². The molecule has 0 bridgehead atoms. The molecule has 0 unspecified atom stereocenters. The maximum Gasteiger partial charge on any atom is 0.275 e. The summed E-state index contributed by atoms with van der Waals surface area (Å²) in [5, 5.41) is 2.95. The summed E-state index contributed by atoms with van der Waals surface area (Å²) in [7, 11) is 1.80. The van der Waals surface area contributed by atoms with Crippen LogP contribution < -0.4 is 5.32 Å². The van der Waals surface area contributed by atoms with Gasteiger partial charge in [0.15, 0.2) is 0 Å². The predicted molar refractivity (Wildman–Crippen MR) is 57.9 cm³/mol. The molecule has 0 fully saturated rings. The summed E-state index contributed by atoms with van der Waals surface area (Å²) in [6.07, 6.45) is 0. The van der Waals surface area contributed by atoms with Gasteiger partial charge in [0, 0.05) is 18.0 Å². The molecule has 0 spiro atoms. The van der Waals surface area contributed by atoms with Crippen LogP contribution in [0.3, 0.4) is 0 Å². The topological polar surface area (TPSA) is 12.0 Å². The van der Waals surface area contributed by atoms with E-state index in [1.54, 1.807) is 19.2 Å². The SMILES string of the molecule is CNCc1cccc(C(F)(F)C(C)C)c1. The lowest BCUT2D eigenvalue weighted by Gasteiger charge is -2.21. The van der Waals surface area contributed by atoms with Gasteiger partial charge in [0.1, 0.15) is 0 Å². The normalized spacial score (nSPS) is 12.1. The Kier molecular flexibility index (Phi) is 3.80. The van der Waals surface area contributed by atoms with Crippen LogP contribution in [-0.4, -0.2) is 7.05 Å². The van der Waals surface area contributed by atoms with E-state index in [0.717, 1.165) is 5.56 Å². The Bertz CT molecular complexity index is 321. The van der Waals surface area contributed by atoms with E-state index in [-0.39, 0.29) is 5.56 Å². The van der Waals surface area contributed by atoms with Crippen molar-refractivity contribution in [3.05, 3.63) is 35.4 Å². The molecule has 0 heterocycles. The van der Waals surface area contributed by atoms with Gasteiger partial charge < -0.3 is 5.32 Å². The molecule has 1 rings (SSSR count). The van der Waals surface area contributed by atoms with Crippen molar-refractivity contribution >= 4 is 0 Å². The van der Waals surface area contributed by atoms with E-state index in [9.17, 15) is 8.78 Å². The number of hydrogen-bond donors (Lipinski definition) is 1. The number of nitrogens with one attached hydrogen (secondary N) is 1. The molecule has 0 saturated heterocycles. The zero-order valence-corrected chi connectivity index (χ0v) is 9.35. The first-order chi connectivity index (χ1) is 6.98. The Morgan fingerprint density at radius 1 is 1.33 bits per heavy atom. The average Bonchev–Trinajstić information content (AvgIpc) is 2.18. The summed E-state index contributed by atoms with van der Waals surface area (Å²) in [5.74, 6) is -3.42. The van der Waals surface area contributed by atoms with Crippen molar-refractivity contribution in [3.63, 3.8) is 0 Å². The summed E-state index contributed by atoms with van der Waals surface area (Å²) in [4.78, 5) is 0. The Hall–Kier alpha value is -0.960. The smallest absolute Gasteiger partial charge is 0.275 e. The van der Waals surface area contributed by atoms with Crippen molar-refractivity contribution in [3.8, 4) is 0 Å². The summed E-state index contributed by atoms with van der Waals surface area (Å²) in [6, 6.07) is 6.57. The molecule has 0 aliphatic rings. The van der Waals surface area contributed by atoms with Crippen LogP contribution in [0.2, 0.25) is 0 Å². The molecule has 0 saturated carbocycles. The lowest BCUT2D eigenvalue weighted by atomic mass is 9.96. The monoisotopic (exact) mass is 213 g/mol. The van der Waals surface area contributed by atoms with Gasteiger partial charge in [0.2, 0.25) is 0 Å². The molecular formula is C12H17F2N. The van der Waals surface area contributed by atoms with Gasteiger partial charge in [-0.05, 0) is 18.7 Å². The van der Waals surface area contributed by atoms with Gasteiger partial charge in [-0.15, -0.1) is 0 Å². The van der Waals surface area contributed by atoms with Crippen molar-refractivity contribution in [2.45, 2.75) is 26.3 Å². The van der Waals surface area contributed by atoms with Crippen LogP contribution in [0.5, 0.6) is 0 Å². The summed E-state index contributed by atoms with van der Waals surface area (Å²) in [5.41, 5.74) is 0.987. The van der Waals surface area contributed by atoms with Crippen LogP contribution in [0.25, 0.3) is 0 Å². The Morgan fingerprint density at radius 3 is 2.53 bits per heavy atom. The van der Waals surface area contributed by atoms with Crippen LogP contribution >= 0.6 is 0 Å². The molecule has 84 valence electrons. The number of hydrogen-bond acceptors (Lipinski definition) is 1. The number of alkyl halides is 2. The van der Waals surface area contributed by atoms with Gasteiger partial charge >= 0.3 is 0 Å². The Morgan fingerprint density at radius 2 is 2.00 bits per heavy atom. The Labute approximate surface area is 89.5 Å². The van der Waals surface area contributed by atoms with Crippen LogP contribution in [0.1, 0.15) is 25.0 Å². The predicted octanol–water partition coefficient (Wildman–Crippen LogP) is 3.15. The highest BCUT2D eigenvalue weighted by atomic mass is 19.3. The third-order valence-electron chi connectivity index (χ3n) is 2.42. The lowest BCUT2D eigenvalue weighted by molar-refractivity contribution is -0.0514. The summed E-state index contributed by atoms with van der Waals surface area (Å²) in [6.45, 7) is 3.68. The van der Waals surface area contributed by atoms with Crippen LogP contribution in [0, 0.1) is 5.92 Å². The van der Waals surface area contributed by atoms with Gasteiger partial charge in [-0.1, -0.05) is 32.0 Å². The zero-order chi connectivity index (χ0) is 11.5. The molecule has 0 atom stereocenters. The molecule has 1 N–H and O–H groups in total. The molecule has 0 aromatic heterocycles. The first kappa shape index (κ1) is 12.1. The molecule has 1 aromatic carbocycles. The maximum absolute atomic E-state index is 13.7. The molecule has 0 aliphatic heterocycles. The van der Waals surface area contributed by atoms with Crippen LogP contribution in [0.4, 0.5) is 8.78 Å². The fourth-order valence-corrected chi connectivity index (χ4v) is 1.43. The highest BCUT2D eigenvalue weighted by molar-refractivity contribution is 5.27. The molecule has 1 nitrogen and oxygen atoms in total. The first-order valence-corrected chi connectivity index (χ1v) is 5.10. The maximum atomic E-state index is 13.7. The highest BCUT2D eigenvalue weighted by Gasteiger charge is 2.35. The average molecular weight is 213 g/mol. The number of benzene rings is 1. The third kappa shape index (κ3) is 2.75. The second kappa shape index (κ2) is 4.71. The number of rotatable bonds is 4. The number of halogens is 2. The largest absolute Gasteiger partial charge is 0.316 e. The van der Waals surface area contributed by atoms with Crippen molar-refractivity contribution < 1.29 is 8.78 Å². The second-order valence-electron chi connectivity index (χ2n) is 4.01. The molecule has 0 amide bonds. The van der Waals surface area contributed by atoms with E-state index in [1.807, 2.05) is 6.07 Å². The fraction of sp³-hybridized carbons (Fsp3) is 0.500. The molecule has 0 radical (unpaired) electrons. The quantitative estimate of drug-likeness (QED) is 0.810. The van der Waals surface area contributed by atoms with Crippen LogP contribution in [0.15, 0.2) is 24.3 Å². The standard InChI is InChI=1S/C12H17F2N/c1-9(2)12(13,14)11-6-4-5-10(7-11)8-15-3/h4-7,9,15H,8H2,1-3H3. The Balaban J connectivity index is 2.99. The fourth-order valence-electron chi connectivity index (χ4n) is 1.43. The molecule has 3 heteroatoms. The minimum atomic E-state index is -2.75. The van der Waals surface area contributed by atoms with Gasteiger partial charge in [0.25, 0.3) is 5.92 Å². The summed E-state index contributed by atoms with van der Waals surface area (Å²) < 4.78 is 27.4. The van der Waals surface area contributed by atoms with E-state index in [2.05, 4.69) is 5.32 Å². The van der Waals surface area contributed by atoms with Crippen LogP contribution in [-0.2, 0) is 12.5 Å². The van der Waals surface area contributed by atoms with E-state index >= 15 is 0 Å². The molecule has 0 aliphatic carbocycles. The van der Waals surface area contributed by atoms with Crippen molar-refractivity contribution in [1.29, 1.82) is 0 Å². The minimum Gasteiger partial charge on any atom is -0.316 e. The molecule has 1 aromatic rings. The van der Waals surface area contributed by atoms with E-state index in [4.69, 9.17) is 0 Å². The second-order valence-corrected chi connectivity index (χ2v) is 4.01. The van der Waals surface area contributed by atoms with E-state index < -0.39 is 11.8 Å². The van der Waals surface area contributed by atoms with Crippen molar-refractivity contribution in [1.82, 2.24) is 5.32 Å². The first-order valence-electron chi connectivity index (χ1n) is 5.10. The van der Waals surface area contributed by atoms with Gasteiger partial charge in [-0.25, -0.2) is 8.78 Å². The molecule has 15 heavy (non-hydrogen) atoms. The van der Waals surface area contributed by atoms with Gasteiger partial charge in [-0.3, -0.25) is 0 Å². The van der Waals surface area contributed by atoms with Gasteiger partial charge in [-0.2, -0.15) is 0 Å². The molecular weight excluding hydrogens is 196 g/mol. The van der Waals surface area contributed by atoms with E-state index in [1.165, 1.54) is 19.9 Å².